The molecule has 13 heavy (non-hydrogen) atoms. The Hall–Kier alpha value is -1.43. The van der Waals surface area contributed by atoms with Crippen molar-refractivity contribution in [2.45, 2.75) is 6.92 Å². The molecule has 0 radical (unpaired) electrons. The summed E-state index contributed by atoms with van der Waals surface area (Å²) in [5.41, 5.74) is 4.39. The van der Waals surface area contributed by atoms with E-state index in [1.807, 2.05) is 13.0 Å². The van der Waals surface area contributed by atoms with E-state index >= 15 is 0 Å². The highest BCUT2D eigenvalue weighted by Crippen LogP contribution is 1.92. The van der Waals surface area contributed by atoms with Crippen molar-refractivity contribution in [2.24, 2.45) is 5.10 Å². The van der Waals surface area contributed by atoms with Gasteiger partial charge >= 0.3 is 0 Å². The maximum absolute atomic E-state index is 4.81. The summed E-state index contributed by atoms with van der Waals surface area (Å²) < 4.78 is 0. The van der Waals surface area contributed by atoms with Crippen LogP contribution in [0.25, 0.3) is 0 Å². The van der Waals surface area contributed by atoms with Gasteiger partial charge in [0.25, 0.3) is 0 Å². The minimum atomic E-state index is 0.475. The number of thiocarbonyl (C=S) groups is 1. The molecule has 0 saturated carbocycles. The summed E-state index contributed by atoms with van der Waals surface area (Å²) in [6.45, 7) is 1.93. The molecule has 0 bridgehead atoms. The molecule has 0 unspecified atom stereocenters. The molecule has 1 rings (SSSR count). The minimum Gasteiger partial charge on any atom is -0.364 e. The zero-order valence-corrected chi connectivity index (χ0v) is 8.27. The summed E-state index contributed by atoms with van der Waals surface area (Å²) in [7, 11) is 1.73. The van der Waals surface area contributed by atoms with Crippen LogP contribution in [-0.4, -0.2) is 28.6 Å². The average Bonchev–Trinajstić information content (AvgIpc) is 2.51. The van der Waals surface area contributed by atoms with Gasteiger partial charge in [-0.1, -0.05) is 0 Å². The van der Waals surface area contributed by atoms with E-state index in [-0.39, 0.29) is 0 Å². The van der Waals surface area contributed by atoms with Crippen molar-refractivity contribution in [2.75, 3.05) is 7.05 Å². The predicted octanol–water partition coefficient (Wildman–Crippen LogP) is 0.146. The number of nitrogens with one attached hydrogen (secondary N) is 3. The van der Waals surface area contributed by atoms with Gasteiger partial charge in [0.15, 0.2) is 5.11 Å². The van der Waals surface area contributed by atoms with Gasteiger partial charge in [-0.15, -0.1) is 0 Å². The molecule has 0 aliphatic carbocycles. The molecule has 1 aromatic heterocycles. The number of aryl methyl sites for hydroxylation is 1. The lowest BCUT2D eigenvalue weighted by Crippen LogP contribution is -2.28. The first-order chi connectivity index (χ1) is 6.22. The molecular formula is C7H11N5S. The molecule has 6 heteroatoms. The summed E-state index contributed by atoms with van der Waals surface area (Å²) in [5.74, 6) is 0. The Kier molecular flexibility index (Phi) is 3.39. The van der Waals surface area contributed by atoms with Crippen LogP contribution in [0.5, 0.6) is 0 Å². The normalized spacial score (nSPS) is 10.3. The Morgan fingerprint density at radius 2 is 2.54 bits per heavy atom. The molecule has 0 fully saturated rings. The Bertz CT molecular complexity index is 316. The summed E-state index contributed by atoms with van der Waals surface area (Å²) in [5, 5.41) is 13.8. The lowest BCUT2D eigenvalue weighted by molar-refractivity contribution is 0.977. The first-order valence-corrected chi connectivity index (χ1v) is 4.16. The molecule has 0 amide bonds. The third kappa shape index (κ3) is 3.20. The van der Waals surface area contributed by atoms with Crippen LogP contribution in [0.15, 0.2) is 11.2 Å². The third-order valence-electron chi connectivity index (χ3n) is 1.32. The quantitative estimate of drug-likeness (QED) is 0.358. The van der Waals surface area contributed by atoms with E-state index in [4.69, 9.17) is 12.2 Å². The van der Waals surface area contributed by atoms with Crippen molar-refractivity contribution in [3.8, 4) is 0 Å². The highest BCUT2D eigenvalue weighted by Gasteiger charge is 1.92. The Balaban J connectivity index is 2.45. The van der Waals surface area contributed by atoms with Gasteiger partial charge in [0.1, 0.15) is 5.69 Å². The molecule has 5 nitrogen and oxygen atoms in total. The van der Waals surface area contributed by atoms with Crippen molar-refractivity contribution < 1.29 is 0 Å². The summed E-state index contributed by atoms with van der Waals surface area (Å²) in [6, 6.07) is 1.88. The second-order valence-electron chi connectivity index (χ2n) is 2.42. The van der Waals surface area contributed by atoms with E-state index in [1.54, 1.807) is 13.3 Å². The van der Waals surface area contributed by atoms with Crippen LogP contribution in [0.4, 0.5) is 0 Å². The molecule has 0 aliphatic heterocycles. The zero-order chi connectivity index (χ0) is 9.68. The van der Waals surface area contributed by atoms with Gasteiger partial charge in [0, 0.05) is 12.7 Å². The summed E-state index contributed by atoms with van der Waals surface area (Å²) >= 11 is 4.81. The van der Waals surface area contributed by atoms with Crippen molar-refractivity contribution in [1.29, 1.82) is 0 Å². The van der Waals surface area contributed by atoms with Crippen LogP contribution < -0.4 is 10.7 Å². The van der Waals surface area contributed by atoms with E-state index in [9.17, 15) is 0 Å². The van der Waals surface area contributed by atoms with Crippen molar-refractivity contribution >= 4 is 23.5 Å². The Morgan fingerprint density at radius 1 is 1.77 bits per heavy atom. The van der Waals surface area contributed by atoms with Crippen LogP contribution in [0.2, 0.25) is 0 Å². The van der Waals surface area contributed by atoms with Gasteiger partial charge in [-0.05, 0) is 25.2 Å². The fraction of sp³-hybridized carbons (Fsp3) is 0.286. The molecule has 0 atom stereocenters. The van der Waals surface area contributed by atoms with Crippen LogP contribution in [-0.2, 0) is 0 Å². The smallest absolute Gasteiger partial charge is 0.186 e. The molecule has 0 aliphatic rings. The number of nitrogens with zero attached hydrogens (tertiary/aromatic N) is 2. The van der Waals surface area contributed by atoms with Crippen molar-refractivity contribution in [3.63, 3.8) is 0 Å². The zero-order valence-electron chi connectivity index (χ0n) is 7.46. The van der Waals surface area contributed by atoms with Gasteiger partial charge in [-0.3, -0.25) is 10.5 Å². The largest absolute Gasteiger partial charge is 0.364 e. The topological polar surface area (TPSA) is 65.1 Å². The van der Waals surface area contributed by atoms with E-state index in [0.29, 0.717) is 5.11 Å². The number of hydrogen-bond acceptors (Lipinski definition) is 3. The number of rotatable bonds is 2. The third-order valence-corrected chi connectivity index (χ3v) is 1.61. The fourth-order valence-electron chi connectivity index (χ4n) is 0.718. The predicted molar refractivity (Wildman–Crippen MR) is 55.7 cm³/mol. The van der Waals surface area contributed by atoms with Crippen LogP contribution in [0, 0.1) is 6.92 Å². The van der Waals surface area contributed by atoms with Crippen molar-refractivity contribution in [3.05, 3.63) is 17.5 Å². The Labute approximate surface area is 81.6 Å². The molecule has 0 spiro atoms. The fourth-order valence-corrected chi connectivity index (χ4v) is 0.771. The van der Waals surface area contributed by atoms with Crippen LogP contribution >= 0.6 is 12.2 Å². The number of aromatic amines is 1. The van der Waals surface area contributed by atoms with Gasteiger partial charge in [-0.25, -0.2) is 0 Å². The van der Waals surface area contributed by atoms with Gasteiger partial charge < -0.3 is 5.32 Å². The monoisotopic (exact) mass is 197 g/mol. The van der Waals surface area contributed by atoms with Gasteiger partial charge in [0.05, 0.1) is 6.21 Å². The van der Waals surface area contributed by atoms with Gasteiger partial charge in [-0.2, -0.15) is 10.2 Å². The number of hydrazone groups is 1. The molecule has 1 aromatic rings. The number of hydrogen-bond donors (Lipinski definition) is 3. The molecule has 0 aromatic carbocycles. The molecular weight excluding hydrogens is 186 g/mol. The maximum atomic E-state index is 4.81. The maximum Gasteiger partial charge on any atom is 0.186 e. The summed E-state index contributed by atoms with van der Waals surface area (Å²) in [6.07, 6.45) is 1.59. The van der Waals surface area contributed by atoms with Crippen molar-refractivity contribution in [1.82, 2.24) is 20.9 Å². The van der Waals surface area contributed by atoms with Crippen LogP contribution in [0.1, 0.15) is 11.4 Å². The number of H-pyrrole nitrogens is 1. The molecule has 0 saturated heterocycles. The second kappa shape index (κ2) is 4.56. The Morgan fingerprint density at radius 3 is 3.08 bits per heavy atom. The average molecular weight is 197 g/mol. The first kappa shape index (κ1) is 9.66. The first-order valence-electron chi connectivity index (χ1n) is 3.75. The van der Waals surface area contributed by atoms with E-state index in [0.717, 1.165) is 11.4 Å². The van der Waals surface area contributed by atoms with E-state index in [2.05, 4.69) is 26.0 Å². The number of aromatic nitrogens is 2. The standard InChI is InChI=1S/C7H11N5S/c1-5-3-6(11-10-5)4-9-12-7(13)8-2/h3-4H,1-2H3,(H,10,11)(H2,8,12,13)/b9-4-. The summed E-state index contributed by atoms with van der Waals surface area (Å²) in [4.78, 5) is 0. The van der Waals surface area contributed by atoms with E-state index in [1.165, 1.54) is 0 Å². The lowest BCUT2D eigenvalue weighted by atomic mass is 10.4. The highest BCUT2D eigenvalue weighted by atomic mass is 32.1. The lowest BCUT2D eigenvalue weighted by Gasteiger charge is -1.97. The highest BCUT2D eigenvalue weighted by molar-refractivity contribution is 7.80. The minimum absolute atomic E-state index is 0.475. The van der Waals surface area contributed by atoms with Crippen LogP contribution in [0.3, 0.4) is 0 Å². The SMILES string of the molecule is CNC(=S)N/N=C\c1cc(C)[nH]n1. The van der Waals surface area contributed by atoms with E-state index < -0.39 is 0 Å². The second-order valence-corrected chi connectivity index (χ2v) is 2.83. The van der Waals surface area contributed by atoms with Gasteiger partial charge in [0.2, 0.25) is 0 Å². The molecule has 70 valence electrons. The molecule has 3 N–H and O–H groups in total. The molecule has 1 heterocycles.